The molecule has 3 aromatic rings. The first-order valence-corrected chi connectivity index (χ1v) is 8.11. The Morgan fingerprint density at radius 2 is 1.77 bits per heavy atom. The van der Waals surface area contributed by atoms with E-state index in [4.69, 9.17) is 4.42 Å². The molecule has 0 radical (unpaired) electrons. The highest BCUT2D eigenvalue weighted by Gasteiger charge is 2.15. The minimum absolute atomic E-state index is 0.0929. The van der Waals surface area contributed by atoms with Crippen LogP contribution in [0, 0.1) is 6.92 Å². The Bertz CT molecular complexity index is 929. The second-order valence-corrected chi connectivity index (χ2v) is 5.72. The van der Waals surface area contributed by atoms with Gasteiger partial charge in [-0.05, 0) is 43.3 Å². The number of amides is 2. The monoisotopic (exact) mass is 346 g/mol. The molecule has 0 unspecified atom stereocenters. The molecule has 0 saturated heterocycles. The third-order valence-electron chi connectivity index (χ3n) is 3.63. The number of furan rings is 1. The smallest absolute Gasteiger partial charge is 0.272 e. The van der Waals surface area contributed by atoms with Crippen LogP contribution in [0.5, 0.6) is 0 Å². The van der Waals surface area contributed by atoms with Gasteiger partial charge in [0.2, 0.25) is 0 Å². The van der Waals surface area contributed by atoms with Gasteiger partial charge in [0.25, 0.3) is 11.8 Å². The largest absolute Gasteiger partial charge is 0.465 e. The van der Waals surface area contributed by atoms with E-state index < -0.39 is 5.91 Å². The summed E-state index contributed by atoms with van der Waals surface area (Å²) in [5.41, 5.74) is 2.16. The number of hydrogen-bond donors (Lipinski definition) is 2. The number of hydrogen-bond acceptors (Lipinski definition) is 3. The quantitative estimate of drug-likeness (QED) is 0.686. The Labute approximate surface area is 151 Å². The maximum atomic E-state index is 12.6. The van der Waals surface area contributed by atoms with Crippen molar-refractivity contribution in [2.45, 2.75) is 6.92 Å². The maximum absolute atomic E-state index is 12.6. The number of aryl methyl sites for hydroxylation is 1. The summed E-state index contributed by atoms with van der Waals surface area (Å²) in [5, 5.41) is 5.43. The zero-order chi connectivity index (χ0) is 18.4. The van der Waals surface area contributed by atoms with Gasteiger partial charge in [0, 0.05) is 17.3 Å². The van der Waals surface area contributed by atoms with Crippen molar-refractivity contribution in [3.63, 3.8) is 0 Å². The fraction of sp³-hybridized carbons (Fsp3) is 0.0476. The van der Waals surface area contributed by atoms with E-state index in [1.165, 1.54) is 12.3 Å². The Kier molecular flexibility index (Phi) is 5.29. The highest BCUT2D eigenvalue weighted by molar-refractivity contribution is 6.10. The van der Waals surface area contributed by atoms with E-state index in [1.54, 1.807) is 42.5 Å². The average Bonchev–Trinajstić information content (AvgIpc) is 3.15. The Morgan fingerprint density at radius 3 is 2.46 bits per heavy atom. The van der Waals surface area contributed by atoms with Crippen molar-refractivity contribution in [2.75, 3.05) is 5.32 Å². The third-order valence-corrected chi connectivity index (χ3v) is 3.63. The van der Waals surface area contributed by atoms with Crippen LogP contribution in [0.15, 0.2) is 83.1 Å². The molecule has 130 valence electrons. The number of anilines is 1. The second kappa shape index (κ2) is 7.98. The van der Waals surface area contributed by atoms with Crippen LogP contribution in [-0.2, 0) is 4.79 Å². The van der Waals surface area contributed by atoms with Crippen LogP contribution in [-0.4, -0.2) is 11.8 Å². The molecule has 3 rings (SSSR count). The summed E-state index contributed by atoms with van der Waals surface area (Å²) in [7, 11) is 0. The van der Waals surface area contributed by atoms with Crippen molar-refractivity contribution in [1.29, 1.82) is 0 Å². The van der Waals surface area contributed by atoms with Crippen LogP contribution in [0.3, 0.4) is 0 Å². The molecule has 5 nitrogen and oxygen atoms in total. The molecule has 2 aromatic carbocycles. The molecule has 2 N–H and O–H groups in total. The van der Waals surface area contributed by atoms with E-state index in [0.717, 1.165) is 5.56 Å². The predicted octanol–water partition coefficient (Wildman–Crippen LogP) is 4.00. The highest BCUT2D eigenvalue weighted by atomic mass is 16.3. The van der Waals surface area contributed by atoms with E-state index in [0.29, 0.717) is 17.0 Å². The van der Waals surface area contributed by atoms with Crippen molar-refractivity contribution in [2.24, 2.45) is 0 Å². The molecule has 0 fully saturated rings. The number of carbonyl (C=O) groups is 2. The predicted molar refractivity (Wildman–Crippen MR) is 100 cm³/mol. The summed E-state index contributed by atoms with van der Waals surface area (Å²) in [6, 6.07) is 19.6. The molecule has 0 saturated carbocycles. The lowest BCUT2D eigenvalue weighted by Crippen LogP contribution is -2.30. The number of carbonyl (C=O) groups excluding carboxylic acids is 2. The summed E-state index contributed by atoms with van der Waals surface area (Å²) in [5.74, 6) is -0.337. The number of rotatable bonds is 5. The van der Waals surface area contributed by atoms with Gasteiger partial charge in [0.15, 0.2) is 0 Å². The molecular formula is C21H18N2O3. The molecule has 1 aromatic heterocycles. The van der Waals surface area contributed by atoms with Gasteiger partial charge in [0.1, 0.15) is 11.5 Å². The maximum Gasteiger partial charge on any atom is 0.272 e. The third kappa shape index (κ3) is 4.48. The standard InChI is InChI=1S/C21H18N2O3/c1-15-7-5-8-16(13-15)20(24)23-19(14-18-11-6-12-26-18)21(25)22-17-9-3-2-4-10-17/h2-14H,1H3,(H,22,25)(H,23,24)/b19-14-. The number of benzene rings is 2. The van der Waals surface area contributed by atoms with E-state index >= 15 is 0 Å². The molecule has 0 spiro atoms. The molecule has 0 atom stereocenters. The normalized spacial score (nSPS) is 11.0. The summed E-state index contributed by atoms with van der Waals surface area (Å²) >= 11 is 0. The lowest BCUT2D eigenvalue weighted by Gasteiger charge is -2.11. The van der Waals surface area contributed by atoms with Gasteiger partial charge in [-0.25, -0.2) is 0 Å². The molecule has 1 heterocycles. The Balaban J connectivity index is 1.84. The lowest BCUT2D eigenvalue weighted by molar-refractivity contribution is -0.113. The van der Waals surface area contributed by atoms with Crippen LogP contribution >= 0.6 is 0 Å². The molecule has 0 aliphatic rings. The van der Waals surface area contributed by atoms with E-state index in [1.807, 2.05) is 31.2 Å². The van der Waals surface area contributed by atoms with Gasteiger partial charge >= 0.3 is 0 Å². The van der Waals surface area contributed by atoms with E-state index in [2.05, 4.69) is 10.6 Å². The van der Waals surface area contributed by atoms with Crippen LogP contribution in [0.4, 0.5) is 5.69 Å². The molecular weight excluding hydrogens is 328 g/mol. The van der Waals surface area contributed by atoms with Crippen molar-refractivity contribution in [1.82, 2.24) is 5.32 Å². The summed E-state index contributed by atoms with van der Waals surface area (Å²) in [4.78, 5) is 25.2. The van der Waals surface area contributed by atoms with E-state index in [-0.39, 0.29) is 11.6 Å². The first-order valence-electron chi connectivity index (χ1n) is 8.11. The van der Waals surface area contributed by atoms with Gasteiger partial charge < -0.3 is 15.1 Å². The first kappa shape index (κ1) is 17.2. The van der Waals surface area contributed by atoms with E-state index in [9.17, 15) is 9.59 Å². The van der Waals surface area contributed by atoms with Crippen molar-refractivity contribution < 1.29 is 14.0 Å². The Morgan fingerprint density at radius 1 is 0.962 bits per heavy atom. The summed E-state index contributed by atoms with van der Waals surface area (Å²) in [6.07, 6.45) is 2.99. The van der Waals surface area contributed by atoms with Gasteiger partial charge in [-0.3, -0.25) is 9.59 Å². The highest BCUT2D eigenvalue weighted by Crippen LogP contribution is 2.12. The molecule has 0 aliphatic heterocycles. The Hall–Kier alpha value is -3.60. The SMILES string of the molecule is Cc1cccc(C(=O)N/C(=C\c2ccco2)C(=O)Nc2ccccc2)c1. The topological polar surface area (TPSA) is 71.3 Å². The molecule has 5 heteroatoms. The van der Waals surface area contributed by atoms with Crippen molar-refractivity contribution in [3.8, 4) is 0 Å². The van der Waals surface area contributed by atoms with Crippen molar-refractivity contribution >= 4 is 23.6 Å². The van der Waals surface area contributed by atoms with Crippen LogP contribution in [0.2, 0.25) is 0 Å². The summed E-state index contributed by atoms with van der Waals surface area (Å²) < 4.78 is 5.26. The molecule has 26 heavy (non-hydrogen) atoms. The lowest BCUT2D eigenvalue weighted by atomic mass is 10.1. The van der Waals surface area contributed by atoms with Crippen LogP contribution in [0.25, 0.3) is 6.08 Å². The number of nitrogens with one attached hydrogen (secondary N) is 2. The summed E-state index contributed by atoms with van der Waals surface area (Å²) in [6.45, 7) is 1.90. The molecule has 0 bridgehead atoms. The van der Waals surface area contributed by atoms with Crippen LogP contribution < -0.4 is 10.6 Å². The fourth-order valence-corrected chi connectivity index (χ4v) is 2.37. The zero-order valence-corrected chi connectivity index (χ0v) is 14.2. The van der Waals surface area contributed by atoms with Crippen LogP contribution in [0.1, 0.15) is 21.7 Å². The van der Waals surface area contributed by atoms with Crippen molar-refractivity contribution in [3.05, 3.63) is 95.6 Å². The molecule has 2 amide bonds. The van der Waals surface area contributed by atoms with Gasteiger partial charge in [0.05, 0.1) is 6.26 Å². The number of para-hydroxylation sites is 1. The van der Waals surface area contributed by atoms with Gasteiger partial charge in [-0.15, -0.1) is 0 Å². The molecule has 0 aliphatic carbocycles. The average molecular weight is 346 g/mol. The zero-order valence-electron chi connectivity index (χ0n) is 14.2. The van der Waals surface area contributed by atoms with Gasteiger partial charge in [-0.2, -0.15) is 0 Å². The van der Waals surface area contributed by atoms with Gasteiger partial charge in [-0.1, -0.05) is 35.9 Å². The minimum atomic E-state index is -0.436. The fourth-order valence-electron chi connectivity index (χ4n) is 2.37. The second-order valence-electron chi connectivity index (χ2n) is 5.72. The first-order chi connectivity index (χ1) is 12.6. The minimum Gasteiger partial charge on any atom is -0.465 e.